The number of H-pyrrole nitrogens is 1. The Morgan fingerprint density at radius 3 is 2.62 bits per heavy atom. The van der Waals surface area contributed by atoms with Gasteiger partial charge < -0.3 is 9.88 Å². The molecular formula is C22H25N5OS. The third-order valence-electron chi connectivity index (χ3n) is 5.04. The van der Waals surface area contributed by atoms with E-state index in [1.165, 1.54) is 28.2 Å². The van der Waals surface area contributed by atoms with Crippen LogP contribution in [0.1, 0.15) is 39.4 Å². The van der Waals surface area contributed by atoms with E-state index in [9.17, 15) is 4.79 Å². The Balaban J connectivity index is 1.55. The number of hydrogen-bond acceptors (Lipinski definition) is 4. The molecule has 1 amide bonds. The number of amides is 1. The normalized spacial score (nSPS) is 12.7. The zero-order chi connectivity index (χ0) is 20.5. The maximum Gasteiger partial charge on any atom is 0.237 e. The van der Waals surface area contributed by atoms with Crippen LogP contribution in [0, 0.1) is 0 Å². The number of carbonyl (C=O) groups excluding carboxylic acids is 1. The predicted octanol–water partition coefficient (Wildman–Crippen LogP) is 5.18. The molecule has 0 saturated heterocycles. The highest BCUT2D eigenvalue weighted by Crippen LogP contribution is 2.31. The molecular weight excluding hydrogens is 382 g/mol. The molecule has 4 rings (SSSR count). The number of thioether (sulfide) groups is 1. The lowest BCUT2D eigenvalue weighted by atomic mass is 10.1. The number of hydrogen-bond donors (Lipinski definition) is 2. The van der Waals surface area contributed by atoms with Crippen LogP contribution in [-0.4, -0.2) is 30.9 Å². The van der Waals surface area contributed by atoms with Crippen molar-refractivity contribution in [1.29, 1.82) is 0 Å². The quantitative estimate of drug-likeness (QED) is 0.432. The lowest BCUT2D eigenvalue weighted by molar-refractivity contribution is -0.115. The zero-order valence-electron chi connectivity index (χ0n) is 17.1. The maximum atomic E-state index is 12.7. The standard InChI is InChI=1S/C22H25N5OS/c1-5-27-18-9-7-6-8-16(18)17-12-15(10-11-19(17)27)23-21(28)14(4)29-22-24-20(13(2)3)25-26-22/h6-14H,5H2,1-4H3,(H,23,28)(H,24,25,26). The fourth-order valence-corrected chi connectivity index (χ4v) is 4.23. The van der Waals surface area contributed by atoms with Gasteiger partial charge in [0.05, 0.1) is 5.25 Å². The first-order valence-corrected chi connectivity index (χ1v) is 10.8. The third kappa shape index (κ3) is 3.74. The van der Waals surface area contributed by atoms with Gasteiger partial charge in [-0.25, -0.2) is 4.98 Å². The Morgan fingerprint density at radius 1 is 1.14 bits per heavy atom. The summed E-state index contributed by atoms with van der Waals surface area (Å²) < 4.78 is 2.30. The summed E-state index contributed by atoms with van der Waals surface area (Å²) >= 11 is 1.35. The Kier molecular flexibility index (Phi) is 5.32. The number of carbonyl (C=O) groups is 1. The Bertz CT molecular complexity index is 1180. The number of para-hydroxylation sites is 1. The Labute approximate surface area is 174 Å². The van der Waals surface area contributed by atoms with Crippen molar-refractivity contribution in [2.45, 2.75) is 50.6 Å². The SMILES string of the molecule is CCn1c2ccccc2c2cc(NC(=O)C(C)Sc3n[nH]c(C(C)C)n3)ccc21. The van der Waals surface area contributed by atoms with Crippen LogP contribution in [0.2, 0.25) is 0 Å². The van der Waals surface area contributed by atoms with Crippen LogP contribution in [0.15, 0.2) is 47.6 Å². The second-order valence-electron chi connectivity index (χ2n) is 7.40. The van der Waals surface area contributed by atoms with E-state index >= 15 is 0 Å². The molecule has 2 aromatic heterocycles. The van der Waals surface area contributed by atoms with Crippen LogP contribution >= 0.6 is 11.8 Å². The molecule has 0 aliphatic heterocycles. The second-order valence-corrected chi connectivity index (χ2v) is 8.71. The van der Waals surface area contributed by atoms with Gasteiger partial charge in [-0.1, -0.05) is 43.8 Å². The van der Waals surface area contributed by atoms with Gasteiger partial charge in [0, 0.05) is 40.0 Å². The van der Waals surface area contributed by atoms with Gasteiger partial charge >= 0.3 is 0 Å². The van der Waals surface area contributed by atoms with E-state index in [-0.39, 0.29) is 17.1 Å². The van der Waals surface area contributed by atoms with Crippen molar-refractivity contribution in [3.8, 4) is 0 Å². The van der Waals surface area contributed by atoms with Crippen molar-refractivity contribution < 1.29 is 4.79 Å². The van der Waals surface area contributed by atoms with Gasteiger partial charge in [0.1, 0.15) is 5.82 Å². The van der Waals surface area contributed by atoms with E-state index in [0.717, 1.165) is 23.4 Å². The topological polar surface area (TPSA) is 75.6 Å². The van der Waals surface area contributed by atoms with E-state index in [2.05, 4.69) is 76.2 Å². The molecule has 0 saturated carbocycles. The van der Waals surface area contributed by atoms with Crippen LogP contribution in [0.4, 0.5) is 5.69 Å². The summed E-state index contributed by atoms with van der Waals surface area (Å²) in [6, 6.07) is 14.5. The van der Waals surface area contributed by atoms with Crippen LogP contribution in [0.3, 0.4) is 0 Å². The molecule has 2 heterocycles. The minimum absolute atomic E-state index is 0.0653. The molecule has 6 nitrogen and oxygen atoms in total. The summed E-state index contributed by atoms with van der Waals surface area (Å²) in [5.74, 6) is 1.04. The van der Waals surface area contributed by atoms with Crippen molar-refractivity contribution in [2.24, 2.45) is 0 Å². The van der Waals surface area contributed by atoms with E-state index in [0.29, 0.717) is 5.16 Å². The third-order valence-corrected chi connectivity index (χ3v) is 6.00. The highest BCUT2D eigenvalue weighted by atomic mass is 32.2. The molecule has 2 N–H and O–H groups in total. The van der Waals surface area contributed by atoms with Gasteiger partial charge in [0.2, 0.25) is 11.1 Å². The average molecular weight is 408 g/mol. The van der Waals surface area contributed by atoms with Crippen molar-refractivity contribution in [3.05, 3.63) is 48.3 Å². The van der Waals surface area contributed by atoms with E-state index in [1.54, 1.807) is 0 Å². The first-order chi connectivity index (χ1) is 14.0. The summed E-state index contributed by atoms with van der Waals surface area (Å²) in [4.78, 5) is 17.2. The summed E-state index contributed by atoms with van der Waals surface area (Å²) in [5.41, 5.74) is 3.19. The largest absolute Gasteiger partial charge is 0.341 e. The number of rotatable bonds is 6. The maximum absolute atomic E-state index is 12.7. The number of nitrogens with one attached hydrogen (secondary N) is 2. The van der Waals surface area contributed by atoms with Crippen LogP contribution in [0.25, 0.3) is 21.8 Å². The summed E-state index contributed by atoms with van der Waals surface area (Å²) in [6.07, 6.45) is 0. The molecule has 7 heteroatoms. The zero-order valence-corrected chi connectivity index (χ0v) is 17.9. The number of aromatic nitrogens is 4. The second kappa shape index (κ2) is 7.91. The number of aryl methyl sites for hydroxylation is 1. The molecule has 4 aromatic rings. The Hall–Kier alpha value is -2.80. The highest BCUT2D eigenvalue weighted by molar-refractivity contribution is 8.00. The average Bonchev–Trinajstić information content (AvgIpc) is 3.30. The molecule has 0 aliphatic carbocycles. The summed E-state index contributed by atoms with van der Waals surface area (Å²) in [7, 11) is 0. The fourth-order valence-electron chi connectivity index (χ4n) is 3.50. The number of anilines is 1. The van der Waals surface area contributed by atoms with Gasteiger partial charge in [0.25, 0.3) is 0 Å². The van der Waals surface area contributed by atoms with Crippen LogP contribution < -0.4 is 5.32 Å². The van der Waals surface area contributed by atoms with Gasteiger partial charge in [0.15, 0.2) is 0 Å². The monoisotopic (exact) mass is 407 g/mol. The minimum Gasteiger partial charge on any atom is -0.341 e. The fraction of sp³-hybridized carbons (Fsp3) is 0.318. The number of aromatic amines is 1. The van der Waals surface area contributed by atoms with Gasteiger partial charge in [-0.2, -0.15) is 0 Å². The van der Waals surface area contributed by atoms with Crippen molar-refractivity contribution in [1.82, 2.24) is 19.7 Å². The molecule has 0 fully saturated rings. The molecule has 0 aliphatic rings. The molecule has 0 radical (unpaired) electrons. The first-order valence-electron chi connectivity index (χ1n) is 9.88. The van der Waals surface area contributed by atoms with Crippen molar-refractivity contribution in [3.63, 3.8) is 0 Å². The van der Waals surface area contributed by atoms with E-state index < -0.39 is 0 Å². The van der Waals surface area contributed by atoms with E-state index in [4.69, 9.17) is 0 Å². The Morgan fingerprint density at radius 2 is 1.90 bits per heavy atom. The highest BCUT2D eigenvalue weighted by Gasteiger charge is 2.18. The van der Waals surface area contributed by atoms with Gasteiger partial charge in [-0.15, -0.1) is 5.10 Å². The van der Waals surface area contributed by atoms with E-state index in [1.807, 2.05) is 19.1 Å². The number of benzene rings is 2. The molecule has 0 bridgehead atoms. The van der Waals surface area contributed by atoms with Gasteiger partial charge in [-0.05, 0) is 38.1 Å². The molecule has 1 unspecified atom stereocenters. The van der Waals surface area contributed by atoms with Crippen molar-refractivity contribution in [2.75, 3.05) is 5.32 Å². The minimum atomic E-state index is -0.307. The smallest absolute Gasteiger partial charge is 0.237 e. The van der Waals surface area contributed by atoms with Crippen LogP contribution in [0.5, 0.6) is 0 Å². The lowest BCUT2D eigenvalue weighted by Gasteiger charge is -2.11. The number of nitrogens with zero attached hydrogens (tertiary/aromatic N) is 3. The predicted molar refractivity (Wildman–Crippen MR) is 120 cm³/mol. The van der Waals surface area contributed by atoms with Crippen LogP contribution in [-0.2, 0) is 11.3 Å². The molecule has 2 aromatic carbocycles. The lowest BCUT2D eigenvalue weighted by Crippen LogP contribution is -2.22. The number of fused-ring (bicyclic) bond motifs is 3. The summed E-state index contributed by atoms with van der Waals surface area (Å²) in [6.45, 7) is 9.02. The molecule has 29 heavy (non-hydrogen) atoms. The molecule has 1 atom stereocenters. The summed E-state index contributed by atoms with van der Waals surface area (Å²) in [5, 5.41) is 12.8. The molecule has 0 spiro atoms. The first kappa shape index (κ1) is 19.5. The van der Waals surface area contributed by atoms with Gasteiger partial charge in [-0.3, -0.25) is 9.89 Å². The van der Waals surface area contributed by atoms with Crippen molar-refractivity contribution >= 4 is 45.2 Å². The molecule has 150 valence electrons.